The highest BCUT2D eigenvalue weighted by atomic mass is 32.1. The Kier molecular flexibility index (Phi) is 6.71. The van der Waals surface area contributed by atoms with Gasteiger partial charge in [-0.3, -0.25) is 9.98 Å². The van der Waals surface area contributed by atoms with Gasteiger partial charge in [-0.25, -0.2) is 9.97 Å². The van der Waals surface area contributed by atoms with Gasteiger partial charge in [0.2, 0.25) is 0 Å². The van der Waals surface area contributed by atoms with Gasteiger partial charge in [-0.1, -0.05) is 36.9 Å². The molecule has 3 heterocycles. The first-order valence-electron chi connectivity index (χ1n) is 10.7. The molecule has 0 aliphatic carbocycles. The number of nitrogens with one attached hydrogen (secondary N) is 1. The molecule has 1 aliphatic rings. The maximum atomic E-state index is 4.92. The number of benzene rings is 1. The van der Waals surface area contributed by atoms with Gasteiger partial charge in [0, 0.05) is 30.4 Å². The third kappa shape index (κ3) is 4.92. The number of allylic oxidation sites excluding steroid dienone is 5. The monoisotopic (exact) mass is 441 g/mol. The molecule has 1 unspecified atom stereocenters. The van der Waals surface area contributed by atoms with E-state index < -0.39 is 0 Å². The van der Waals surface area contributed by atoms with Crippen LogP contribution in [0.1, 0.15) is 42.9 Å². The molecule has 0 saturated carbocycles. The van der Waals surface area contributed by atoms with Crippen LogP contribution in [0.4, 0.5) is 5.82 Å². The van der Waals surface area contributed by atoms with E-state index >= 15 is 0 Å². The molecule has 0 bridgehead atoms. The van der Waals surface area contributed by atoms with Crippen molar-refractivity contribution in [3.05, 3.63) is 95.6 Å². The molecule has 1 N–H and O–H groups in total. The Labute approximate surface area is 193 Å². The second-order valence-electron chi connectivity index (χ2n) is 7.80. The molecule has 1 aliphatic heterocycles. The molecular weight excluding hydrogens is 414 g/mol. The Morgan fingerprint density at radius 1 is 1.19 bits per heavy atom. The molecule has 0 spiro atoms. The zero-order chi connectivity index (χ0) is 22.5. The minimum absolute atomic E-state index is 0.0754. The van der Waals surface area contributed by atoms with Gasteiger partial charge < -0.3 is 5.32 Å². The third-order valence-electron chi connectivity index (χ3n) is 5.26. The summed E-state index contributed by atoms with van der Waals surface area (Å²) in [7, 11) is 0. The number of hydrogen-bond donors (Lipinski definition) is 1. The molecule has 4 rings (SSSR count). The Morgan fingerprint density at radius 3 is 2.78 bits per heavy atom. The van der Waals surface area contributed by atoms with Crippen LogP contribution in [0.15, 0.2) is 89.9 Å². The van der Waals surface area contributed by atoms with Crippen molar-refractivity contribution in [2.75, 3.05) is 5.32 Å². The lowest BCUT2D eigenvalue weighted by Gasteiger charge is -2.18. The average molecular weight is 442 g/mol. The number of fused-ring (bicyclic) bond motifs is 1. The zero-order valence-electron chi connectivity index (χ0n) is 18.5. The maximum Gasteiger partial charge on any atom is 0.145 e. The summed E-state index contributed by atoms with van der Waals surface area (Å²) < 4.78 is 1.17. The van der Waals surface area contributed by atoms with Gasteiger partial charge in [-0.05, 0) is 43.5 Å². The van der Waals surface area contributed by atoms with Gasteiger partial charge in [0.1, 0.15) is 10.8 Å². The van der Waals surface area contributed by atoms with Crippen LogP contribution in [-0.4, -0.2) is 20.7 Å². The summed E-state index contributed by atoms with van der Waals surface area (Å²) in [4.78, 5) is 18.7. The van der Waals surface area contributed by atoms with E-state index in [-0.39, 0.29) is 6.04 Å². The van der Waals surface area contributed by atoms with Gasteiger partial charge >= 0.3 is 0 Å². The van der Waals surface area contributed by atoms with E-state index in [2.05, 4.69) is 53.6 Å². The number of nitrogens with zero attached hydrogens (tertiary/aromatic N) is 4. The molecule has 0 fully saturated rings. The van der Waals surface area contributed by atoms with Gasteiger partial charge in [0.15, 0.2) is 0 Å². The smallest absolute Gasteiger partial charge is 0.145 e. The first kappa shape index (κ1) is 21.8. The van der Waals surface area contributed by atoms with Crippen molar-refractivity contribution in [2.45, 2.75) is 39.2 Å². The fraction of sp³-hybridized carbons (Fsp3) is 0.231. The summed E-state index contributed by atoms with van der Waals surface area (Å²) in [5.41, 5.74) is 6.40. The molecular formula is C26H27N5S. The third-order valence-corrected chi connectivity index (χ3v) is 6.41. The highest BCUT2D eigenvalue weighted by Crippen LogP contribution is 2.37. The molecule has 6 heteroatoms. The second-order valence-corrected chi connectivity index (χ2v) is 8.87. The standard InChI is InChI=1S/C26H27N5S/c1-5-7-10-19(6-2)20-13-17(3)28-22(20)14-23(30-25-16-27-15-18(4)29-25)26-31-21-11-8-9-12-24(21)32-26/h5-6,8-12,15-16,23H,1-2,7,13-14H2,3-4H3,(H,29,30)/b19-10+. The van der Waals surface area contributed by atoms with E-state index in [1.165, 1.54) is 10.3 Å². The summed E-state index contributed by atoms with van der Waals surface area (Å²) in [6.07, 6.45) is 11.8. The summed E-state index contributed by atoms with van der Waals surface area (Å²) in [6, 6.07) is 8.15. The largest absolute Gasteiger partial charge is 0.359 e. The number of aryl methyl sites for hydroxylation is 1. The molecule has 0 amide bonds. The van der Waals surface area contributed by atoms with E-state index in [0.717, 1.165) is 51.9 Å². The van der Waals surface area contributed by atoms with Crippen LogP contribution in [0, 0.1) is 6.92 Å². The van der Waals surface area contributed by atoms with Crippen LogP contribution in [-0.2, 0) is 0 Å². The van der Waals surface area contributed by atoms with Gasteiger partial charge in [-0.2, -0.15) is 0 Å². The molecule has 162 valence electrons. The van der Waals surface area contributed by atoms with Gasteiger partial charge in [0.05, 0.1) is 28.1 Å². The van der Waals surface area contributed by atoms with Crippen molar-refractivity contribution < 1.29 is 0 Å². The van der Waals surface area contributed by atoms with Crippen molar-refractivity contribution in [1.29, 1.82) is 0 Å². The molecule has 0 radical (unpaired) electrons. The number of aromatic nitrogens is 3. The summed E-state index contributed by atoms with van der Waals surface area (Å²) in [5.74, 6) is 0.737. The van der Waals surface area contributed by atoms with Gasteiger partial charge in [-0.15, -0.1) is 17.9 Å². The van der Waals surface area contributed by atoms with Crippen molar-refractivity contribution in [3.63, 3.8) is 0 Å². The number of thiazole rings is 1. The molecule has 1 atom stereocenters. The number of rotatable bonds is 9. The van der Waals surface area contributed by atoms with E-state index in [4.69, 9.17) is 9.98 Å². The van der Waals surface area contributed by atoms with Crippen molar-refractivity contribution in [2.24, 2.45) is 4.99 Å². The zero-order valence-corrected chi connectivity index (χ0v) is 19.3. The Morgan fingerprint density at radius 2 is 2.03 bits per heavy atom. The summed E-state index contributed by atoms with van der Waals surface area (Å²) in [6.45, 7) is 11.9. The van der Waals surface area contributed by atoms with E-state index in [0.29, 0.717) is 6.42 Å². The minimum Gasteiger partial charge on any atom is -0.359 e. The first-order valence-corrected chi connectivity index (χ1v) is 11.5. The molecule has 32 heavy (non-hydrogen) atoms. The minimum atomic E-state index is -0.0754. The number of hydrogen-bond acceptors (Lipinski definition) is 6. The van der Waals surface area contributed by atoms with E-state index in [9.17, 15) is 0 Å². The molecule has 1 aromatic carbocycles. The van der Waals surface area contributed by atoms with Crippen LogP contribution in [0.2, 0.25) is 0 Å². The number of para-hydroxylation sites is 1. The van der Waals surface area contributed by atoms with E-state index in [1.54, 1.807) is 23.7 Å². The lowest BCUT2D eigenvalue weighted by molar-refractivity contribution is 0.747. The fourth-order valence-corrected chi connectivity index (χ4v) is 4.84. The summed E-state index contributed by atoms with van der Waals surface area (Å²) in [5, 5.41) is 4.58. The fourth-order valence-electron chi connectivity index (χ4n) is 3.82. The van der Waals surface area contributed by atoms with Crippen molar-refractivity contribution >= 4 is 33.1 Å². The highest BCUT2D eigenvalue weighted by molar-refractivity contribution is 7.18. The quantitative estimate of drug-likeness (QED) is 0.295. The Bertz CT molecular complexity index is 1210. The van der Waals surface area contributed by atoms with Crippen LogP contribution in [0.3, 0.4) is 0 Å². The lowest BCUT2D eigenvalue weighted by Crippen LogP contribution is -2.13. The molecule has 3 aromatic rings. The normalized spacial score (nSPS) is 15.1. The lowest BCUT2D eigenvalue weighted by atomic mass is 9.97. The molecule has 0 saturated heterocycles. The van der Waals surface area contributed by atoms with Gasteiger partial charge in [0.25, 0.3) is 0 Å². The van der Waals surface area contributed by atoms with Crippen molar-refractivity contribution in [3.8, 4) is 0 Å². The number of anilines is 1. The first-order chi connectivity index (χ1) is 15.6. The molecule has 5 nitrogen and oxygen atoms in total. The Hall–Kier alpha value is -3.38. The van der Waals surface area contributed by atoms with Crippen LogP contribution < -0.4 is 5.32 Å². The van der Waals surface area contributed by atoms with Crippen LogP contribution >= 0.6 is 11.3 Å². The highest BCUT2D eigenvalue weighted by Gasteiger charge is 2.24. The van der Waals surface area contributed by atoms with Crippen LogP contribution in [0.5, 0.6) is 0 Å². The average Bonchev–Trinajstić information content (AvgIpc) is 3.37. The maximum absolute atomic E-state index is 4.92. The summed E-state index contributed by atoms with van der Waals surface area (Å²) >= 11 is 1.70. The molecule has 2 aromatic heterocycles. The van der Waals surface area contributed by atoms with E-state index in [1.807, 2.05) is 31.2 Å². The predicted octanol–water partition coefficient (Wildman–Crippen LogP) is 6.75. The topological polar surface area (TPSA) is 63.1 Å². The SMILES string of the molecule is C=CC/C=C(\C=C)C1=C(CC(Nc2cncc(C)n2)c2nc3ccccc3s2)N=C(C)C1. The van der Waals surface area contributed by atoms with Crippen molar-refractivity contribution in [1.82, 2.24) is 15.0 Å². The predicted molar refractivity (Wildman–Crippen MR) is 135 cm³/mol. The second kappa shape index (κ2) is 9.83. The van der Waals surface area contributed by atoms with Crippen LogP contribution in [0.25, 0.3) is 10.2 Å². The Balaban J connectivity index is 1.74. The number of aliphatic imine (C=N–C) groups is 1.